The molecule has 1 saturated heterocycles. The molecule has 0 spiro atoms. The first-order chi connectivity index (χ1) is 9.97. The first-order valence-electron chi connectivity index (χ1n) is 7.15. The first-order valence-corrected chi connectivity index (χ1v) is 7.15. The van der Waals surface area contributed by atoms with Crippen LogP contribution in [0.1, 0.15) is 30.1 Å². The van der Waals surface area contributed by atoms with Crippen LogP contribution < -0.4 is 4.90 Å². The molecule has 0 bridgehead atoms. The van der Waals surface area contributed by atoms with Crippen LogP contribution in [0.4, 0.5) is 5.82 Å². The van der Waals surface area contributed by atoms with Gasteiger partial charge in [0.25, 0.3) is 5.91 Å². The van der Waals surface area contributed by atoms with Gasteiger partial charge >= 0.3 is 5.97 Å². The van der Waals surface area contributed by atoms with Crippen molar-refractivity contribution in [1.29, 1.82) is 0 Å². The predicted molar refractivity (Wildman–Crippen MR) is 79.4 cm³/mol. The predicted octanol–water partition coefficient (Wildman–Crippen LogP) is 1.47. The second-order valence-electron chi connectivity index (χ2n) is 5.63. The Balaban J connectivity index is 2.01. The highest BCUT2D eigenvalue weighted by Crippen LogP contribution is 2.18. The Morgan fingerprint density at radius 2 is 2.05 bits per heavy atom. The van der Waals surface area contributed by atoms with E-state index in [9.17, 15) is 9.59 Å². The van der Waals surface area contributed by atoms with Crippen LogP contribution in [-0.4, -0.2) is 53.5 Å². The molecule has 1 amide bonds. The van der Waals surface area contributed by atoms with Crippen molar-refractivity contribution in [3.05, 3.63) is 23.9 Å². The summed E-state index contributed by atoms with van der Waals surface area (Å²) in [4.78, 5) is 30.6. The van der Waals surface area contributed by atoms with E-state index in [1.165, 1.54) is 11.1 Å². The fourth-order valence-electron chi connectivity index (χ4n) is 2.42. The topological polar surface area (TPSA) is 73.7 Å². The molecule has 2 heterocycles. The summed E-state index contributed by atoms with van der Waals surface area (Å²) >= 11 is 0. The van der Waals surface area contributed by atoms with Crippen molar-refractivity contribution in [2.45, 2.75) is 19.8 Å². The second kappa shape index (κ2) is 6.56. The minimum atomic E-state index is -0.915. The number of carbonyl (C=O) groups excluding carboxylic acids is 1. The summed E-state index contributed by atoms with van der Waals surface area (Å²) in [7, 11) is 1.66. The Morgan fingerprint density at radius 3 is 2.57 bits per heavy atom. The maximum atomic E-state index is 12.3. The summed E-state index contributed by atoms with van der Waals surface area (Å²) in [5.74, 6) is 0.309. The number of nitrogens with zero attached hydrogens (tertiary/aromatic N) is 3. The molecule has 0 atom stereocenters. The van der Waals surface area contributed by atoms with Crippen LogP contribution in [0, 0.1) is 5.92 Å². The first kappa shape index (κ1) is 15.3. The zero-order chi connectivity index (χ0) is 15.4. The average Bonchev–Trinajstić information content (AvgIpc) is 2.47. The Labute approximate surface area is 124 Å². The number of anilines is 1. The largest absolute Gasteiger partial charge is 0.480 e. The second-order valence-corrected chi connectivity index (χ2v) is 5.63. The number of amides is 1. The van der Waals surface area contributed by atoms with E-state index >= 15 is 0 Å². The molecular weight excluding hydrogens is 270 g/mol. The van der Waals surface area contributed by atoms with Gasteiger partial charge in [-0.25, -0.2) is 4.98 Å². The fourth-order valence-corrected chi connectivity index (χ4v) is 2.42. The molecule has 1 aliphatic heterocycles. The van der Waals surface area contributed by atoms with E-state index in [2.05, 4.69) is 11.9 Å². The summed E-state index contributed by atoms with van der Waals surface area (Å²) in [5.41, 5.74) is 0.553. The van der Waals surface area contributed by atoms with Crippen LogP contribution in [-0.2, 0) is 4.79 Å². The Bertz CT molecular complexity index is 507. The zero-order valence-electron chi connectivity index (χ0n) is 12.5. The van der Waals surface area contributed by atoms with Gasteiger partial charge in [-0.1, -0.05) is 6.92 Å². The van der Waals surface area contributed by atoms with Gasteiger partial charge in [-0.2, -0.15) is 0 Å². The number of likely N-dealkylation sites (N-methyl/N-ethyl adjacent to an activating group) is 1. The Kier molecular flexibility index (Phi) is 4.77. The van der Waals surface area contributed by atoms with Crippen LogP contribution in [0.25, 0.3) is 0 Å². The molecule has 6 nitrogen and oxygen atoms in total. The highest BCUT2D eigenvalue weighted by atomic mass is 16.4. The van der Waals surface area contributed by atoms with Crippen LogP contribution in [0.5, 0.6) is 0 Å². The molecule has 21 heavy (non-hydrogen) atoms. The standard InChI is InChI=1S/C15H21N3O3/c1-11-5-7-18(8-6-11)15(21)12-3-4-13(16-9-12)17(2)10-14(19)20/h3-4,9,11H,5-8,10H2,1-2H3,(H,19,20). The lowest BCUT2D eigenvalue weighted by atomic mass is 9.99. The number of hydrogen-bond donors (Lipinski definition) is 1. The van der Waals surface area contributed by atoms with E-state index in [4.69, 9.17) is 5.11 Å². The molecule has 1 N–H and O–H groups in total. The minimum Gasteiger partial charge on any atom is -0.480 e. The third kappa shape index (κ3) is 3.93. The van der Waals surface area contributed by atoms with Crippen LogP contribution >= 0.6 is 0 Å². The van der Waals surface area contributed by atoms with Crippen molar-refractivity contribution in [1.82, 2.24) is 9.88 Å². The van der Waals surface area contributed by atoms with Crippen molar-refractivity contribution < 1.29 is 14.7 Å². The van der Waals surface area contributed by atoms with E-state index < -0.39 is 5.97 Å². The van der Waals surface area contributed by atoms with Crippen LogP contribution in [0.2, 0.25) is 0 Å². The van der Waals surface area contributed by atoms with E-state index in [0.29, 0.717) is 17.3 Å². The molecule has 0 unspecified atom stereocenters. The third-order valence-corrected chi connectivity index (χ3v) is 3.83. The molecule has 6 heteroatoms. The lowest BCUT2D eigenvalue weighted by Crippen LogP contribution is -2.38. The van der Waals surface area contributed by atoms with Crippen LogP contribution in [0.3, 0.4) is 0 Å². The molecule has 1 aromatic heterocycles. The fraction of sp³-hybridized carbons (Fsp3) is 0.533. The van der Waals surface area contributed by atoms with Gasteiger partial charge in [0.1, 0.15) is 12.4 Å². The lowest BCUT2D eigenvalue weighted by molar-refractivity contribution is -0.135. The SMILES string of the molecule is CC1CCN(C(=O)c2ccc(N(C)CC(=O)O)nc2)CC1. The number of piperidine rings is 1. The molecule has 0 aromatic carbocycles. The van der Waals surface area contributed by atoms with Crippen molar-refractivity contribution in [2.75, 3.05) is 31.6 Å². The molecular formula is C15H21N3O3. The maximum Gasteiger partial charge on any atom is 0.323 e. The van der Waals surface area contributed by atoms with Gasteiger partial charge in [-0.15, -0.1) is 0 Å². The van der Waals surface area contributed by atoms with Crippen molar-refractivity contribution in [3.8, 4) is 0 Å². The normalized spacial score (nSPS) is 15.8. The summed E-state index contributed by atoms with van der Waals surface area (Å²) in [6.07, 6.45) is 3.60. The quantitative estimate of drug-likeness (QED) is 0.909. The molecule has 114 valence electrons. The van der Waals surface area contributed by atoms with Gasteiger partial charge in [-0.05, 0) is 30.9 Å². The highest BCUT2D eigenvalue weighted by molar-refractivity contribution is 5.94. The third-order valence-electron chi connectivity index (χ3n) is 3.83. The number of carboxylic acids is 1. The average molecular weight is 291 g/mol. The van der Waals surface area contributed by atoms with E-state index in [1.807, 2.05) is 4.90 Å². The van der Waals surface area contributed by atoms with Gasteiger partial charge in [0.2, 0.25) is 0 Å². The number of carbonyl (C=O) groups is 2. The number of hydrogen-bond acceptors (Lipinski definition) is 4. The summed E-state index contributed by atoms with van der Waals surface area (Å²) in [6, 6.07) is 3.39. The minimum absolute atomic E-state index is 0.00170. The smallest absolute Gasteiger partial charge is 0.323 e. The summed E-state index contributed by atoms with van der Waals surface area (Å²) in [5, 5.41) is 8.75. The van der Waals surface area contributed by atoms with Crippen molar-refractivity contribution >= 4 is 17.7 Å². The van der Waals surface area contributed by atoms with Crippen molar-refractivity contribution in [3.63, 3.8) is 0 Å². The molecule has 1 fully saturated rings. The van der Waals surface area contributed by atoms with Crippen LogP contribution in [0.15, 0.2) is 18.3 Å². The highest BCUT2D eigenvalue weighted by Gasteiger charge is 2.21. The van der Waals surface area contributed by atoms with Gasteiger partial charge in [-0.3, -0.25) is 9.59 Å². The molecule has 1 aromatic rings. The summed E-state index contributed by atoms with van der Waals surface area (Å²) < 4.78 is 0. The van der Waals surface area contributed by atoms with Gasteiger partial charge in [0.05, 0.1) is 5.56 Å². The number of pyridine rings is 1. The number of carboxylic acid groups (broad SMARTS) is 1. The maximum absolute atomic E-state index is 12.3. The molecule has 0 radical (unpaired) electrons. The Morgan fingerprint density at radius 1 is 1.38 bits per heavy atom. The number of likely N-dealkylation sites (tertiary alicyclic amines) is 1. The Hall–Kier alpha value is -2.11. The number of aromatic nitrogens is 1. The lowest BCUT2D eigenvalue weighted by Gasteiger charge is -2.30. The van der Waals surface area contributed by atoms with Gasteiger partial charge in [0.15, 0.2) is 0 Å². The monoisotopic (exact) mass is 291 g/mol. The zero-order valence-corrected chi connectivity index (χ0v) is 12.5. The molecule has 0 saturated carbocycles. The number of aliphatic carboxylic acids is 1. The molecule has 2 rings (SSSR count). The van der Waals surface area contributed by atoms with Gasteiger partial charge < -0.3 is 14.9 Å². The molecule has 0 aliphatic carbocycles. The molecule has 1 aliphatic rings. The van der Waals surface area contributed by atoms with E-state index in [-0.39, 0.29) is 12.5 Å². The van der Waals surface area contributed by atoms with E-state index in [0.717, 1.165) is 25.9 Å². The van der Waals surface area contributed by atoms with Crippen molar-refractivity contribution in [2.24, 2.45) is 5.92 Å². The van der Waals surface area contributed by atoms with Gasteiger partial charge in [0, 0.05) is 26.3 Å². The summed E-state index contributed by atoms with van der Waals surface area (Å²) in [6.45, 7) is 3.67. The number of rotatable bonds is 4. The van der Waals surface area contributed by atoms with E-state index in [1.54, 1.807) is 19.2 Å².